The third kappa shape index (κ3) is 3.76. The smallest absolute Gasteiger partial charge is 0.306 e. The van der Waals surface area contributed by atoms with Crippen LogP contribution < -0.4 is 5.32 Å². The van der Waals surface area contributed by atoms with E-state index in [9.17, 15) is 22.0 Å². The molecule has 8 heteroatoms. The molecular formula is C13H11F5N2S. The number of nitrogens with one attached hydrogen (secondary N) is 1. The van der Waals surface area contributed by atoms with Gasteiger partial charge in [-0.15, -0.1) is 11.3 Å². The Morgan fingerprint density at radius 2 is 1.81 bits per heavy atom. The Labute approximate surface area is 121 Å². The second kappa shape index (κ2) is 6.07. The third-order valence-electron chi connectivity index (χ3n) is 2.68. The van der Waals surface area contributed by atoms with Gasteiger partial charge in [0, 0.05) is 17.1 Å². The minimum absolute atomic E-state index is 0.215. The van der Waals surface area contributed by atoms with Crippen molar-refractivity contribution in [1.82, 2.24) is 10.3 Å². The summed E-state index contributed by atoms with van der Waals surface area (Å²) in [6, 6.07) is 2.14. The lowest BCUT2D eigenvalue weighted by atomic mass is 10.1. The van der Waals surface area contributed by atoms with Crippen LogP contribution in [0.3, 0.4) is 0 Å². The van der Waals surface area contributed by atoms with Gasteiger partial charge in [0.1, 0.15) is 11.6 Å². The van der Waals surface area contributed by atoms with Crippen LogP contribution in [0.5, 0.6) is 0 Å². The number of hydrogen-bond acceptors (Lipinski definition) is 3. The van der Waals surface area contributed by atoms with E-state index in [-0.39, 0.29) is 10.4 Å². The fourth-order valence-corrected chi connectivity index (χ4v) is 2.77. The molecule has 0 fully saturated rings. The van der Waals surface area contributed by atoms with Gasteiger partial charge < -0.3 is 5.32 Å². The van der Waals surface area contributed by atoms with Crippen molar-refractivity contribution in [3.8, 4) is 0 Å². The topological polar surface area (TPSA) is 24.9 Å². The monoisotopic (exact) mass is 322 g/mol. The molecule has 21 heavy (non-hydrogen) atoms. The Morgan fingerprint density at radius 3 is 2.29 bits per heavy atom. The zero-order chi connectivity index (χ0) is 15.6. The molecule has 1 aromatic heterocycles. The van der Waals surface area contributed by atoms with Gasteiger partial charge in [-0.3, -0.25) is 0 Å². The molecule has 0 radical (unpaired) electrons. The molecule has 2 nitrogen and oxygen atoms in total. The Bertz CT molecular complexity index is 603. The maximum Gasteiger partial charge on any atom is 0.443 e. The van der Waals surface area contributed by atoms with E-state index in [1.165, 1.54) is 0 Å². The third-order valence-corrected chi connectivity index (χ3v) is 3.78. The van der Waals surface area contributed by atoms with Crippen molar-refractivity contribution in [1.29, 1.82) is 0 Å². The van der Waals surface area contributed by atoms with Crippen LogP contribution in [0.15, 0.2) is 24.4 Å². The number of halogens is 5. The van der Waals surface area contributed by atoms with E-state index in [1.807, 2.05) is 0 Å². The Kier molecular flexibility index (Phi) is 4.58. The number of alkyl halides is 3. The van der Waals surface area contributed by atoms with Gasteiger partial charge >= 0.3 is 6.18 Å². The molecule has 0 saturated carbocycles. The molecule has 0 amide bonds. The Hall–Kier alpha value is -1.54. The maximum absolute atomic E-state index is 13.3. The molecule has 1 aromatic carbocycles. The van der Waals surface area contributed by atoms with E-state index in [0.717, 1.165) is 18.3 Å². The van der Waals surface area contributed by atoms with Crippen LogP contribution in [0.25, 0.3) is 0 Å². The fraction of sp³-hybridized carbons (Fsp3) is 0.308. The average molecular weight is 322 g/mol. The summed E-state index contributed by atoms with van der Waals surface area (Å²) in [6.07, 6.45) is -3.46. The first kappa shape index (κ1) is 15.8. The number of hydrogen-bond donors (Lipinski definition) is 1. The van der Waals surface area contributed by atoms with Crippen molar-refractivity contribution in [2.24, 2.45) is 0 Å². The fourth-order valence-electron chi connectivity index (χ4n) is 1.88. The molecule has 1 heterocycles. The molecule has 2 aromatic rings. The summed E-state index contributed by atoms with van der Waals surface area (Å²) in [4.78, 5) is 3.57. The second-order valence-electron chi connectivity index (χ2n) is 4.26. The standard InChI is InChI=1S/C13H11F5N2S/c1-2-19-11(7-3-8(14)5-9(15)4-7)10-6-20-12(21-10)13(16,17)18/h3-6,11,19H,2H2,1H3. The quantitative estimate of drug-likeness (QED) is 0.856. The summed E-state index contributed by atoms with van der Waals surface area (Å²) >= 11 is 0.451. The highest BCUT2D eigenvalue weighted by molar-refractivity contribution is 7.11. The Balaban J connectivity index is 2.41. The predicted octanol–water partition coefficient (Wildman–Crippen LogP) is 4.14. The van der Waals surface area contributed by atoms with Crippen molar-refractivity contribution in [3.63, 3.8) is 0 Å². The summed E-state index contributed by atoms with van der Waals surface area (Å²) in [5.74, 6) is -1.57. The summed E-state index contributed by atoms with van der Waals surface area (Å²) in [6.45, 7) is 2.16. The summed E-state index contributed by atoms with van der Waals surface area (Å²) in [5, 5.41) is 1.92. The lowest BCUT2D eigenvalue weighted by molar-refractivity contribution is -0.137. The van der Waals surface area contributed by atoms with Crippen molar-refractivity contribution in [2.45, 2.75) is 19.1 Å². The van der Waals surface area contributed by atoms with Crippen LogP contribution in [0, 0.1) is 11.6 Å². The number of benzene rings is 1. The first-order chi connectivity index (χ1) is 9.81. The molecule has 114 valence electrons. The maximum atomic E-state index is 13.3. The lowest BCUT2D eigenvalue weighted by Gasteiger charge is -2.16. The zero-order valence-corrected chi connectivity index (χ0v) is 11.7. The average Bonchev–Trinajstić information content (AvgIpc) is 2.83. The highest BCUT2D eigenvalue weighted by Crippen LogP contribution is 2.36. The molecule has 0 aliphatic carbocycles. The van der Waals surface area contributed by atoms with Crippen molar-refractivity contribution >= 4 is 11.3 Å². The zero-order valence-electron chi connectivity index (χ0n) is 10.8. The normalized spacial score (nSPS) is 13.4. The van der Waals surface area contributed by atoms with Gasteiger partial charge in [-0.2, -0.15) is 13.2 Å². The second-order valence-corrected chi connectivity index (χ2v) is 5.32. The summed E-state index contributed by atoms with van der Waals surface area (Å²) in [5.41, 5.74) is 0.215. The van der Waals surface area contributed by atoms with Gasteiger partial charge in [0.15, 0.2) is 5.01 Å². The molecule has 1 unspecified atom stereocenters. The molecule has 0 aliphatic heterocycles. The predicted molar refractivity (Wildman–Crippen MR) is 69.0 cm³/mol. The van der Waals surface area contributed by atoms with Gasteiger partial charge in [-0.1, -0.05) is 6.92 Å². The SMILES string of the molecule is CCNC(c1cc(F)cc(F)c1)c1cnc(C(F)(F)F)s1. The number of rotatable bonds is 4. The molecule has 1 atom stereocenters. The van der Waals surface area contributed by atoms with E-state index < -0.39 is 28.9 Å². The van der Waals surface area contributed by atoms with E-state index >= 15 is 0 Å². The highest BCUT2D eigenvalue weighted by atomic mass is 32.1. The molecule has 0 aliphatic rings. The van der Waals surface area contributed by atoms with Crippen LogP contribution in [0.4, 0.5) is 22.0 Å². The van der Waals surface area contributed by atoms with E-state index in [0.29, 0.717) is 23.9 Å². The lowest BCUT2D eigenvalue weighted by Crippen LogP contribution is -2.21. The molecule has 0 bridgehead atoms. The summed E-state index contributed by atoms with van der Waals surface area (Å²) < 4.78 is 64.3. The first-order valence-electron chi connectivity index (χ1n) is 6.03. The van der Waals surface area contributed by atoms with Gasteiger partial charge in [-0.25, -0.2) is 13.8 Å². The number of aromatic nitrogens is 1. The van der Waals surface area contributed by atoms with Crippen LogP contribution in [-0.2, 0) is 6.18 Å². The van der Waals surface area contributed by atoms with Gasteiger partial charge in [0.05, 0.1) is 6.04 Å². The van der Waals surface area contributed by atoms with Crippen molar-refractivity contribution in [3.05, 3.63) is 51.5 Å². The van der Waals surface area contributed by atoms with Gasteiger partial charge in [-0.05, 0) is 24.2 Å². The first-order valence-corrected chi connectivity index (χ1v) is 6.85. The number of nitrogens with zero attached hydrogens (tertiary/aromatic N) is 1. The van der Waals surface area contributed by atoms with E-state index in [4.69, 9.17) is 0 Å². The minimum atomic E-state index is -4.53. The van der Waals surface area contributed by atoms with Gasteiger partial charge in [0.25, 0.3) is 0 Å². The van der Waals surface area contributed by atoms with Crippen LogP contribution >= 0.6 is 11.3 Å². The van der Waals surface area contributed by atoms with Crippen LogP contribution in [0.2, 0.25) is 0 Å². The highest BCUT2D eigenvalue weighted by Gasteiger charge is 2.35. The van der Waals surface area contributed by atoms with Gasteiger partial charge in [0.2, 0.25) is 0 Å². The molecule has 0 spiro atoms. The summed E-state index contributed by atoms with van der Waals surface area (Å²) in [7, 11) is 0. The molecular weight excluding hydrogens is 311 g/mol. The van der Waals surface area contributed by atoms with E-state index in [1.54, 1.807) is 6.92 Å². The largest absolute Gasteiger partial charge is 0.443 e. The van der Waals surface area contributed by atoms with Crippen LogP contribution in [0.1, 0.15) is 28.4 Å². The Morgan fingerprint density at radius 1 is 1.19 bits per heavy atom. The molecule has 2 rings (SSSR count). The van der Waals surface area contributed by atoms with Crippen LogP contribution in [-0.4, -0.2) is 11.5 Å². The number of thiazole rings is 1. The van der Waals surface area contributed by atoms with Crippen molar-refractivity contribution < 1.29 is 22.0 Å². The van der Waals surface area contributed by atoms with Crippen molar-refractivity contribution in [2.75, 3.05) is 6.54 Å². The minimum Gasteiger partial charge on any atom is -0.306 e. The molecule has 0 saturated heterocycles. The molecule has 1 N–H and O–H groups in total. The van der Waals surface area contributed by atoms with E-state index in [2.05, 4.69) is 10.3 Å².